The molecule has 1 aromatic rings. The Morgan fingerprint density at radius 1 is 1.12 bits per heavy atom. The zero-order chi connectivity index (χ0) is 17.7. The van der Waals surface area contributed by atoms with Crippen LogP contribution in [0.25, 0.3) is 0 Å². The van der Waals surface area contributed by atoms with E-state index in [0.29, 0.717) is 18.8 Å². The molecule has 9 heteroatoms. The number of nitrogens with one attached hydrogen (secondary N) is 1. The number of hydrogen-bond acceptors (Lipinski definition) is 4. The number of anilines is 2. The number of hydrogen-bond donors (Lipinski definition) is 1. The Kier molecular flexibility index (Phi) is 8.24. The Bertz CT molecular complexity index is 617. The smallest absolute Gasteiger partial charge is 0.550 e. The molecule has 25 heavy (non-hydrogen) atoms. The maximum Gasteiger partial charge on any atom is 1.00 e. The fraction of sp³-hybridized carbons (Fsp3) is 0.500. The van der Waals surface area contributed by atoms with Crippen LogP contribution in [0, 0.1) is 0 Å². The van der Waals surface area contributed by atoms with Gasteiger partial charge in [-0.2, -0.15) is 13.2 Å². The number of carbonyl (C=O) groups is 2. The number of amides is 1. The first-order valence-electron chi connectivity index (χ1n) is 7.73. The summed E-state index contributed by atoms with van der Waals surface area (Å²) in [6.07, 6.45) is -2.44. The summed E-state index contributed by atoms with van der Waals surface area (Å²) in [5.74, 6) is -2.04. The summed E-state index contributed by atoms with van der Waals surface area (Å²) in [5.41, 5.74) is -0.293. The predicted molar refractivity (Wildman–Crippen MR) is 80.4 cm³/mol. The molecule has 5 nitrogen and oxygen atoms in total. The maximum absolute atomic E-state index is 12.9. The van der Waals surface area contributed by atoms with Crippen molar-refractivity contribution in [2.75, 3.05) is 23.3 Å². The molecule has 0 aromatic heterocycles. The van der Waals surface area contributed by atoms with E-state index in [1.165, 1.54) is 6.07 Å². The van der Waals surface area contributed by atoms with E-state index in [1.807, 2.05) is 4.90 Å². The van der Waals surface area contributed by atoms with Crippen molar-refractivity contribution in [3.05, 3.63) is 23.8 Å². The molecule has 1 saturated heterocycles. The van der Waals surface area contributed by atoms with E-state index in [4.69, 9.17) is 0 Å². The largest absolute Gasteiger partial charge is 1.00 e. The third kappa shape index (κ3) is 6.52. The average molecular weight is 366 g/mol. The minimum atomic E-state index is -4.52. The number of carboxylic acid groups (broad SMARTS) is 1. The SMILES string of the molecule is O=C([O-])CCC(=O)Nc1cc(C(F)(F)F)ccc1N1CCCCC1.[Na+]. The fourth-order valence-corrected chi connectivity index (χ4v) is 2.65. The first-order valence-corrected chi connectivity index (χ1v) is 7.73. The first kappa shape index (κ1) is 21.8. The number of halogens is 3. The third-order valence-electron chi connectivity index (χ3n) is 3.85. The number of alkyl halides is 3. The van der Waals surface area contributed by atoms with Crippen molar-refractivity contribution >= 4 is 23.3 Å². The van der Waals surface area contributed by atoms with Crippen LogP contribution in [0.1, 0.15) is 37.7 Å². The standard InChI is InChI=1S/C16H19F3N2O3.Na/c17-16(18,19)11-4-5-13(21-8-2-1-3-9-21)12(10-11)20-14(22)6-7-15(23)24;/h4-5,10H,1-3,6-9H2,(H,20,22)(H,23,24);/q;+1/p-1. The van der Waals surface area contributed by atoms with E-state index >= 15 is 0 Å². The van der Waals surface area contributed by atoms with Crippen LogP contribution in [0.15, 0.2) is 18.2 Å². The van der Waals surface area contributed by atoms with E-state index < -0.39 is 30.0 Å². The molecule has 1 aliphatic rings. The second-order valence-electron chi connectivity index (χ2n) is 5.70. The summed E-state index contributed by atoms with van der Waals surface area (Å²) in [5, 5.41) is 12.8. The summed E-state index contributed by atoms with van der Waals surface area (Å²) in [7, 11) is 0. The van der Waals surface area contributed by atoms with Gasteiger partial charge >= 0.3 is 35.7 Å². The van der Waals surface area contributed by atoms with Gasteiger partial charge in [0.1, 0.15) is 0 Å². The van der Waals surface area contributed by atoms with Crippen molar-refractivity contribution < 1.29 is 57.4 Å². The van der Waals surface area contributed by atoms with Gasteiger partial charge in [0, 0.05) is 25.5 Å². The van der Waals surface area contributed by atoms with Crippen LogP contribution in [0.5, 0.6) is 0 Å². The van der Waals surface area contributed by atoms with Gasteiger partial charge in [0.25, 0.3) is 0 Å². The Balaban J connectivity index is 0.00000312. The quantitative estimate of drug-likeness (QED) is 0.691. The molecule has 1 fully saturated rings. The average Bonchev–Trinajstić information content (AvgIpc) is 2.53. The molecule has 0 unspecified atom stereocenters. The number of nitrogens with zero attached hydrogens (tertiary/aromatic N) is 1. The van der Waals surface area contributed by atoms with Crippen molar-refractivity contribution in [2.24, 2.45) is 0 Å². The van der Waals surface area contributed by atoms with Gasteiger partial charge in [-0.3, -0.25) is 4.79 Å². The Labute approximate surface area is 165 Å². The van der Waals surface area contributed by atoms with Gasteiger partial charge in [-0.1, -0.05) is 0 Å². The van der Waals surface area contributed by atoms with Gasteiger partial charge < -0.3 is 20.1 Å². The summed E-state index contributed by atoms with van der Waals surface area (Å²) in [4.78, 5) is 24.1. The molecule has 0 bridgehead atoms. The van der Waals surface area contributed by atoms with Crippen LogP contribution >= 0.6 is 0 Å². The molecule has 0 saturated carbocycles. The maximum atomic E-state index is 12.9. The number of rotatable bonds is 5. The third-order valence-corrected chi connectivity index (χ3v) is 3.85. The van der Waals surface area contributed by atoms with E-state index in [0.717, 1.165) is 31.4 Å². The molecule has 1 aromatic carbocycles. The molecule has 0 atom stereocenters. The van der Waals surface area contributed by atoms with Gasteiger partial charge in [-0.15, -0.1) is 0 Å². The second-order valence-corrected chi connectivity index (χ2v) is 5.70. The van der Waals surface area contributed by atoms with Gasteiger partial charge in [-0.05, 0) is 43.9 Å². The molecule has 0 radical (unpaired) electrons. The van der Waals surface area contributed by atoms with Crippen LogP contribution in [-0.2, 0) is 15.8 Å². The van der Waals surface area contributed by atoms with Crippen molar-refractivity contribution in [1.82, 2.24) is 0 Å². The van der Waals surface area contributed by atoms with Gasteiger partial charge in [0.05, 0.1) is 16.9 Å². The van der Waals surface area contributed by atoms with Crippen LogP contribution in [0.2, 0.25) is 0 Å². The number of aliphatic carboxylic acids is 1. The van der Waals surface area contributed by atoms with E-state index in [1.54, 1.807) is 0 Å². The molecular weight excluding hydrogens is 348 g/mol. The Hall–Kier alpha value is -1.25. The fourth-order valence-electron chi connectivity index (χ4n) is 2.65. The summed E-state index contributed by atoms with van der Waals surface area (Å²) in [6, 6.07) is 3.23. The van der Waals surface area contributed by atoms with Crippen molar-refractivity contribution in [2.45, 2.75) is 38.3 Å². The first-order chi connectivity index (χ1) is 11.3. The Morgan fingerprint density at radius 2 is 1.76 bits per heavy atom. The van der Waals surface area contributed by atoms with Crippen molar-refractivity contribution in [1.29, 1.82) is 0 Å². The molecule has 1 aliphatic heterocycles. The molecule has 1 N–H and O–H groups in total. The zero-order valence-electron chi connectivity index (χ0n) is 14.0. The number of carbonyl (C=O) groups excluding carboxylic acids is 2. The summed E-state index contributed by atoms with van der Waals surface area (Å²) < 4.78 is 38.8. The number of benzene rings is 1. The number of carboxylic acids is 1. The molecule has 2 rings (SSSR count). The van der Waals surface area contributed by atoms with E-state index in [-0.39, 0.29) is 41.7 Å². The molecule has 0 aliphatic carbocycles. The summed E-state index contributed by atoms with van der Waals surface area (Å²) >= 11 is 0. The second kappa shape index (κ2) is 9.45. The monoisotopic (exact) mass is 366 g/mol. The molecule has 1 amide bonds. The minimum absolute atomic E-state index is 0. The molecular formula is C16H18F3N2NaO3. The van der Waals surface area contributed by atoms with E-state index in [2.05, 4.69) is 5.32 Å². The molecule has 0 spiro atoms. The zero-order valence-corrected chi connectivity index (χ0v) is 16.0. The van der Waals surface area contributed by atoms with Crippen LogP contribution < -0.4 is 44.9 Å². The molecule has 1 heterocycles. The van der Waals surface area contributed by atoms with Crippen LogP contribution in [0.4, 0.5) is 24.5 Å². The topological polar surface area (TPSA) is 72.5 Å². The minimum Gasteiger partial charge on any atom is -0.550 e. The Morgan fingerprint density at radius 3 is 2.32 bits per heavy atom. The summed E-state index contributed by atoms with van der Waals surface area (Å²) in [6.45, 7) is 1.40. The van der Waals surface area contributed by atoms with Gasteiger partial charge in [-0.25, -0.2) is 0 Å². The van der Waals surface area contributed by atoms with Crippen LogP contribution in [0.3, 0.4) is 0 Å². The predicted octanol–water partition coefficient (Wildman–Crippen LogP) is -0.832. The van der Waals surface area contributed by atoms with E-state index in [9.17, 15) is 27.9 Å². The van der Waals surface area contributed by atoms with Crippen molar-refractivity contribution in [3.63, 3.8) is 0 Å². The van der Waals surface area contributed by atoms with Gasteiger partial charge in [0.15, 0.2) is 0 Å². The molecule has 132 valence electrons. The van der Waals surface area contributed by atoms with Crippen molar-refractivity contribution in [3.8, 4) is 0 Å². The number of piperidine rings is 1. The van der Waals surface area contributed by atoms with Gasteiger partial charge in [0.2, 0.25) is 5.91 Å². The normalized spacial score (nSPS) is 14.6. The van der Waals surface area contributed by atoms with Crippen LogP contribution in [-0.4, -0.2) is 25.0 Å².